The highest BCUT2D eigenvalue weighted by molar-refractivity contribution is 5.94. The summed E-state index contributed by atoms with van der Waals surface area (Å²) in [5.74, 6) is 2.66. The number of nitrogens with zero attached hydrogens (tertiary/aromatic N) is 6. The molecule has 170 valence electrons. The van der Waals surface area contributed by atoms with Crippen LogP contribution in [-0.2, 0) is 22.6 Å². The summed E-state index contributed by atoms with van der Waals surface area (Å²) in [7, 11) is 1.78. The summed E-state index contributed by atoms with van der Waals surface area (Å²) in [6, 6.07) is 10.0. The molecule has 1 aromatic carbocycles. The minimum Gasteiger partial charge on any atom is -0.342 e. The zero-order valence-electron chi connectivity index (χ0n) is 19.1. The molecule has 8 nitrogen and oxygen atoms in total. The molecule has 0 radical (unpaired) electrons. The van der Waals surface area contributed by atoms with E-state index in [0.717, 1.165) is 40.7 Å². The molecule has 2 aromatic heterocycles. The van der Waals surface area contributed by atoms with Crippen LogP contribution in [0.3, 0.4) is 0 Å². The van der Waals surface area contributed by atoms with Crippen LogP contribution in [-0.4, -0.2) is 56.4 Å². The van der Waals surface area contributed by atoms with E-state index in [-0.39, 0.29) is 17.7 Å². The number of hydrogen-bond acceptors (Lipinski definition) is 5. The molecule has 1 fully saturated rings. The predicted molar refractivity (Wildman–Crippen MR) is 125 cm³/mol. The number of carbonyl (C=O) groups excluding carboxylic acids is 2. The quantitative estimate of drug-likeness (QED) is 0.604. The molecule has 1 atom stereocenters. The molecule has 0 N–H and O–H groups in total. The molecule has 0 bridgehead atoms. The monoisotopic (exact) mass is 444 g/mol. The molecule has 2 aliphatic rings. The Balaban J connectivity index is 1.24. The van der Waals surface area contributed by atoms with Gasteiger partial charge >= 0.3 is 0 Å². The van der Waals surface area contributed by atoms with Crippen molar-refractivity contribution in [1.82, 2.24) is 24.4 Å². The van der Waals surface area contributed by atoms with Gasteiger partial charge in [0.15, 0.2) is 0 Å². The first-order valence-corrected chi connectivity index (χ1v) is 11.5. The summed E-state index contributed by atoms with van der Waals surface area (Å²) in [6.45, 7) is 3.89. The molecule has 8 heteroatoms. The van der Waals surface area contributed by atoms with Crippen molar-refractivity contribution in [2.24, 2.45) is 0 Å². The standard InChI is InChI=1S/C25H28N6O2/c1-17-20-8-9-21(32)29(2)25(20)28-23(27-17)19-10-13-31(16-19)22(33)11-14-30-15-12-26-24(30)18-6-4-3-5-7-18/h3-7,12,15,19H,8-11,13-14,16H2,1-2H3. The van der Waals surface area contributed by atoms with Gasteiger partial charge in [-0.05, 0) is 19.8 Å². The fraction of sp³-hybridized carbons (Fsp3) is 0.400. The first kappa shape index (κ1) is 21.3. The Hall–Kier alpha value is -3.55. The maximum Gasteiger partial charge on any atom is 0.228 e. The van der Waals surface area contributed by atoms with Gasteiger partial charge in [-0.2, -0.15) is 0 Å². The zero-order valence-corrected chi connectivity index (χ0v) is 19.1. The van der Waals surface area contributed by atoms with Gasteiger partial charge in [-0.15, -0.1) is 0 Å². The SMILES string of the molecule is Cc1nc(C2CCN(C(=O)CCn3ccnc3-c3ccccc3)C2)nc2c1CCC(=O)N2C. The fourth-order valence-corrected chi connectivity index (χ4v) is 4.78. The molecule has 0 spiro atoms. The van der Waals surface area contributed by atoms with Crippen molar-refractivity contribution in [3.63, 3.8) is 0 Å². The van der Waals surface area contributed by atoms with E-state index in [9.17, 15) is 9.59 Å². The van der Waals surface area contributed by atoms with Crippen LogP contribution >= 0.6 is 0 Å². The summed E-state index contributed by atoms with van der Waals surface area (Å²) < 4.78 is 2.03. The number of carbonyl (C=O) groups is 2. The Labute approximate surface area is 193 Å². The largest absolute Gasteiger partial charge is 0.342 e. The van der Waals surface area contributed by atoms with E-state index >= 15 is 0 Å². The number of aromatic nitrogens is 4. The number of benzene rings is 1. The Bertz CT molecular complexity index is 1190. The molecule has 1 unspecified atom stereocenters. The third-order valence-electron chi connectivity index (χ3n) is 6.71. The summed E-state index contributed by atoms with van der Waals surface area (Å²) >= 11 is 0. The van der Waals surface area contributed by atoms with Crippen LogP contribution in [0.1, 0.15) is 42.3 Å². The Morgan fingerprint density at radius 2 is 1.97 bits per heavy atom. The minimum atomic E-state index is 0.0872. The highest BCUT2D eigenvalue weighted by atomic mass is 16.2. The van der Waals surface area contributed by atoms with E-state index in [1.165, 1.54) is 0 Å². The average molecular weight is 445 g/mol. The van der Waals surface area contributed by atoms with Gasteiger partial charge in [0, 0.05) is 74.7 Å². The number of aryl methyl sites for hydroxylation is 2. The first-order valence-electron chi connectivity index (χ1n) is 11.5. The number of rotatable bonds is 5. The Morgan fingerprint density at radius 3 is 2.79 bits per heavy atom. The number of hydrogen-bond donors (Lipinski definition) is 0. The summed E-state index contributed by atoms with van der Waals surface area (Å²) in [4.78, 5) is 42.6. The van der Waals surface area contributed by atoms with Gasteiger partial charge in [0.1, 0.15) is 17.5 Å². The molecule has 3 aromatic rings. The lowest BCUT2D eigenvalue weighted by Crippen LogP contribution is -2.33. The van der Waals surface area contributed by atoms with Crippen molar-refractivity contribution in [2.45, 2.75) is 45.1 Å². The van der Waals surface area contributed by atoms with E-state index in [0.29, 0.717) is 38.9 Å². The second kappa shape index (κ2) is 8.77. The molecular formula is C25H28N6O2. The molecule has 2 aliphatic heterocycles. The van der Waals surface area contributed by atoms with Crippen LogP contribution < -0.4 is 4.90 Å². The van der Waals surface area contributed by atoms with Crippen molar-refractivity contribution in [3.8, 4) is 11.4 Å². The third-order valence-corrected chi connectivity index (χ3v) is 6.71. The second-order valence-electron chi connectivity index (χ2n) is 8.81. The summed E-state index contributed by atoms with van der Waals surface area (Å²) in [6.07, 6.45) is 6.15. The minimum absolute atomic E-state index is 0.0872. The maximum absolute atomic E-state index is 13.0. The highest BCUT2D eigenvalue weighted by Gasteiger charge is 2.32. The molecule has 33 heavy (non-hydrogen) atoms. The number of anilines is 1. The lowest BCUT2D eigenvalue weighted by molar-refractivity contribution is -0.130. The number of fused-ring (bicyclic) bond motifs is 1. The van der Waals surface area contributed by atoms with Gasteiger partial charge in [0.2, 0.25) is 11.8 Å². The second-order valence-corrected chi connectivity index (χ2v) is 8.81. The third kappa shape index (κ3) is 4.13. The van der Waals surface area contributed by atoms with E-state index in [1.54, 1.807) is 18.1 Å². The van der Waals surface area contributed by atoms with E-state index in [1.807, 2.05) is 52.9 Å². The Morgan fingerprint density at radius 1 is 1.15 bits per heavy atom. The average Bonchev–Trinajstić information content (AvgIpc) is 3.51. The first-order chi connectivity index (χ1) is 16.0. The molecule has 2 amide bonds. The smallest absolute Gasteiger partial charge is 0.228 e. The molecule has 4 heterocycles. The van der Waals surface area contributed by atoms with Gasteiger partial charge in [-0.3, -0.25) is 14.5 Å². The lowest BCUT2D eigenvalue weighted by atomic mass is 10.0. The van der Waals surface area contributed by atoms with Crippen molar-refractivity contribution in [3.05, 3.63) is 59.8 Å². The van der Waals surface area contributed by atoms with Crippen molar-refractivity contribution in [2.75, 3.05) is 25.0 Å². The van der Waals surface area contributed by atoms with Crippen LogP contribution in [0.4, 0.5) is 5.82 Å². The van der Waals surface area contributed by atoms with Crippen LogP contribution in [0.5, 0.6) is 0 Å². The van der Waals surface area contributed by atoms with Gasteiger partial charge < -0.3 is 9.47 Å². The van der Waals surface area contributed by atoms with Crippen LogP contribution in [0.15, 0.2) is 42.7 Å². The Kier molecular flexibility index (Phi) is 5.66. The highest BCUT2D eigenvalue weighted by Crippen LogP contribution is 2.31. The number of amides is 2. The molecule has 0 aliphatic carbocycles. The van der Waals surface area contributed by atoms with Crippen LogP contribution in [0, 0.1) is 6.92 Å². The zero-order chi connectivity index (χ0) is 22.9. The molecule has 1 saturated heterocycles. The van der Waals surface area contributed by atoms with E-state index in [4.69, 9.17) is 9.97 Å². The van der Waals surface area contributed by atoms with Gasteiger partial charge in [-0.1, -0.05) is 30.3 Å². The van der Waals surface area contributed by atoms with Gasteiger partial charge in [0.05, 0.1) is 0 Å². The number of imidazole rings is 1. The van der Waals surface area contributed by atoms with Crippen molar-refractivity contribution in [1.29, 1.82) is 0 Å². The predicted octanol–water partition coefficient (Wildman–Crippen LogP) is 2.96. The molecule has 5 rings (SSSR count). The number of likely N-dealkylation sites (tertiary alicyclic amines) is 1. The van der Waals surface area contributed by atoms with Crippen LogP contribution in [0.25, 0.3) is 11.4 Å². The van der Waals surface area contributed by atoms with Gasteiger partial charge in [0.25, 0.3) is 0 Å². The summed E-state index contributed by atoms with van der Waals surface area (Å²) in [5, 5.41) is 0. The normalized spacial score (nSPS) is 18.0. The molecular weight excluding hydrogens is 416 g/mol. The van der Waals surface area contributed by atoms with Crippen molar-refractivity contribution >= 4 is 17.6 Å². The fourth-order valence-electron chi connectivity index (χ4n) is 4.78. The van der Waals surface area contributed by atoms with Crippen molar-refractivity contribution < 1.29 is 9.59 Å². The van der Waals surface area contributed by atoms with E-state index in [2.05, 4.69) is 4.98 Å². The summed E-state index contributed by atoms with van der Waals surface area (Å²) in [5.41, 5.74) is 3.04. The lowest BCUT2D eigenvalue weighted by Gasteiger charge is -2.26. The molecule has 0 saturated carbocycles. The van der Waals surface area contributed by atoms with Crippen LogP contribution in [0.2, 0.25) is 0 Å². The topological polar surface area (TPSA) is 84.2 Å². The van der Waals surface area contributed by atoms with E-state index < -0.39 is 0 Å². The van der Waals surface area contributed by atoms with Gasteiger partial charge in [-0.25, -0.2) is 15.0 Å². The maximum atomic E-state index is 13.0.